The zero-order valence-electron chi connectivity index (χ0n) is 11.8. The van der Waals surface area contributed by atoms with Crippen LogP contribution in [0.3, 0.4) is 0 Å². The first-order valence-electron chi connectivity index (χ1n) is 7.17. The molecule has 2 aliphatic heterocycles. The van der Waals surface area contributed by atoms with Crippen molar-refractivity contribution >= 4 is 0 Å². The van der Waals surface area contributed by atoms with Crippen LogP contribution in [0.15, 0.2) is 11.6 Å². The Morgan fingerprint density at radius 2 is 2.05 bits per heavy atom. The van der Waals surface area contributed by atoms with Crippen LogP contribution in [-0.2, 0) is 9.47 Å². The van der Waals surface area contributed by atoms with Gasteiger partial charge in [-0.25, -0.2) is 0 Å². The summed E-state index contributed by atoms with van der Waals surface area (Å²) in [5, 5.41) is 21.4. The highest BCUT2D eigenvalue weighted by atomic mass is 16.7. The van der Waals surface area contributed by atoms with Crippen molar-refractivity contribution in [3.05, 3.63) is 11.6 Å². The average Bonchev–Trinajstić information content (AvgIpc) is 3.09. The number of rotatable bonds is 0. The van der Waals surface area contributed by atoms with E-state index in [2.05, 4.69) is 26.8 Å². The summed E-state index contributed by atoms with van der Waals surface area (Å²) in [6.07, 6.45) is 3.48. The van der Waals surface area contributed by atoms with Crippen LogP contribution in [-0.4, -0.2) is 40.4 Å². The van der Waals surface area contributed by atoms with Crippen LogP contribution >= 0.6 is 0 Å². The van der Waals surface area contributed by atoms with Crippen molar-refractivity contribution in [2.45, 2.75) is 63.6 Å². The highest BCUT2D eigenvalue weighted by Crippen LogP contribution is 2.72. The Hall–Kier alpha value is -0.420. The van der Waals surface area contributed by atoms with E-state index in [0.717, 1.165) is 12.8 Å². The molecule has 106 valence electrons. The molecule has 19 heavy (non-hydrogen) atoms. The van der Waals surface area contributed by atoms with Gasteiger partial charge in [0.05, 0.1) is 12.7 Å². The van der Waals surface area contributed by atoms with Crippen molar-refractivity contribution in [2.75, 3.05) is 6.61 Å². The Labute approximate surface area is 113 Å². The number of epoxide rings is 1. The molecule has 2 bridgehead atoms. The highest BCUT2D eigenvalue weighted by Gasteiger charge is 2.83. The molecule has 4 aliphatic rings. The maximum absolute atomic E-state index is 10.7. The summed E-state index contributed by atoms with van der Waals surface area (Å²) in [6.45, 7) is 6.98. The molecule has 4 nitrogen and oxygen atoms in total. The fourth-order valence-electron chi connectivity index (χ4n) is 4.88. The normalized spacial score (nSPS) is 62.9. The number of aliphatic hydroxyl groups is 2. The summed E-state index contributed by atoms with van der Waals surface area (Å²) < 4.78 is 11.7. The van der Waals surface area contributed by atoms with Crippen molar-refractivity contribution in [3.8, 4) is 0 Å². The SMILES string of the molecule is CC1=C[C@@H]2O[C@@]3(O)C[C@@]4(CO4)[C@@](C)(C3O)[C@@]2(C)CC1. The zero-order chi connectivity index (χ0) is 13.7. The van der Waals surface area contributed by atoms with E-state index >= 15 is 0 Å². The van der Waals surface area contributed by atoms with Crippen LogP contribution in [0.1, 0.15) is 40.0 Å². The number of hydrogen-bond acceptors (Lipinski definition) is 4. The van der Waals surface area contributed by atoms with Gasteiger partial charge in [0.25, 0.3) is 0 Å². The third kappa shape index (κ3) is 1.13. The van der Waals surface area contributed by atoms with Crippen LogP contribution in [0, 0.1) is 10.8 Å². The quantitative estimate of drug-likeness (QED) is 0.513. The molecule has 4 rings (SSSR count). The Balaban J connectivity index is 1.91. The van der Waals surface area contributed by atoms with Crippen molar-refractivity contribution in [3.63, 3.8) is 0 Å². The molecule has 6 atom stereocenters. The molecule has 0 aromatic heterocycles. The van der Waals surface area contributed by atoms with Crippen molar-refractivity contribution in [1.29, 1.82) is 0 Å². The van der Waals surface area contributed by atoms with Crippen molar-refractivity contribution in [1.82, 2.24) is 0 Å². The second-order valence-corrected chi connectivity index (χ2v) is 7.38. The number of ether oxygens (including phenoxy) is 2. The Morgan fingerprint density at radius 1 is 1.37 bits per heavy atom. The monoisotopic (exact) mass is 266 g/mol. The Morgan fingerprint density at radius 3 is 2.68 bits per heavy atom. The first-order chi connectivity index (χ1) is 8.78. The average molecular weight is 266 g/mol. The van der Waals surface area contributed by atoms with Crippen LogP contribution in [0.2, 0.25) is 0 Å². The van der Waals surface area contributed by atoms with E-state index in [1.807, 2.05) is 0 Å². The van der Waals surface area contributed by atoms with E-state index in [0.29, 0.717) is 13.0 Å². The minimum atomic E-state index is -1.45. The first kappa shape index (κ1) is 12.3. The van der Waals surface area contributed by atoms with Gasteiger partial charge < -0.3 is 19.7 Å². The second-order valence-electron chi connectivity index (χ2n) is 7.38. The van der Waals surface area contributed by atoms with E-state index in [-0.39, 0.29) is 11.5 Å². The minimum absolute atomic E-state index is 0.136. The molecule has 1 saturated carbocycles. The summed E-state index contributed by atoms with van der Waals surface area (Å²) in [4.78, 5) is 0. The van der Waals surface area contributed by atoms with Gasteiger partial charge >= 0.3 is 0 Å². The topological polar surface area (TPSA) is 62.2 Å². The lowest BCUT2D eigenvalue weighted by Crippen LogP contribution is -2.65. The second kappa shape index (κ2) is 3.08. The molecule has 1 unspecified atom stereocenters. The summed E-state index contributed by atoms with van der Waals surface area (Å²) in [5.74, 6) is -1.45. The van der Waals surface area contributed by atoms with Crippen molar-refractivity contribution in [2.24, 2.45) is 10.8 Å². The third-order valence-electron chi connectivity index (χ3n) is 6.57. The fourth-order valence-corrected chi connectivity index (χ4v) is 4.88. The molecular formula is C15H22O4. The standard InChI is InChI=1S/C15H22O4/c1-9-4-5-12(2)10(6-9)19-15(17)7-14(8-18-14)13(12,3)11(15)16/h6,10-11,16-17H,4-5,7-8H2,1-3H3/t10-,11?,12-,13-,14+,15-/m0/s1. The summed E-state index contributed by atoms with van der Waals surface area (Å²) >= 11 is 0. The van der Waals surface area contributed by atoms with E-state index < -0.39 is 22.9 Å². The van der Waals surface area contributed by atoms with E-state index in [1.54, 1.807) is 0 Å². The highest BCUT2D eigenvalue weighted by molar-refractivity contribution is 5.31. The molecular weight excluding hydrogens is 244 g/mol. The molecule has 0 radical (unpaired) electrons. The maximum atomic E-state index is 10.7. The smallest absolute Gasteiger partial charge is 0.196 e. The lowest BCUT2D eigenvalue weighted by Gasteiger charge is -2.58. The molecule has 0 amide bonds. The van der Waals surface area contributed by atoms with Crippen LogP contribution in [0.4, 0.5) is 0 Å². The lowest BCUT2D eigenvalue weighted by molar-refractivity contribution is -0.333. The number of hydrogen-bond donors (Lipinski definition) is 2. The third-order valence-corrected chi connectivity index (χ3v) is 6.57. The van der Waals surface area contributed by atoms with E-state index in [9.17, 15) is 10.2 Å². The minimum Gasteiger partial charge on any atom is -0.387 e. The predicted octanol–water partition coefficient (Wildman–Crippen LogP) is 1.36. The van der Waals surface area contributed by atoms with E-state index in [1.165, 1.54) is 5.57 Å². The van der Waals surface area contributed by atoms with Gasteiger partial charge in [0, 0.05) is 17.3 Å². The predicted molar refractivity (Wildman–Crippen MR) is 68.3 cm³/mol. The van der Waals surface area contributed by atoms with Gasteiger partial charge in [-0.15, -0.1) is 0 Å². The van der Waals surface area contributed by atoms with Gasteiger partial charge in [0.15, 0.2) is 5.79 Å². The summed E-state index contributed by atoms with van der Waals surface area (Å²) in [5.41, 5.74) is 0.264. The van der Waals surface area contributed by atoms with Gasteiger partial charge in [0.1, 0.15) is 11.7 Å². The molecule has 0 aromatic rings. The largest absolute Gasteiger partial charge is 0.387 e. The summed E-state index contributed by atoms with van der Waals surface area (Å²) in [7, 11) is 0. The van der Waals surface area contributed by atoms with E-state index in [4.69, 9.17) is 9.47 Å². The van der Waals surface area contributed by atoms with Gasteiger partial charge in [0.2, 0.25) is 0 Å². The number of aliphatic hydroxyl groups excluding tert-OH is 1. The lowest BCUT2D eigenvalue weighted by atomic mass is 9.52. The molecule has 2 heterocycles. The van der Waals surface area contributed by atoms with Crippen molar-refractivity contribution < 1.29 is 19.7 Å². The fraction of sp³-hybridized carbons (Fsp3) is 0.867. The molecule has 1 spiro atoms. The number of fused-ring (bicyclic) bond motifs is 5. The zero-order valence-corrected chi connectivity index (χ0v) is 11.8. The maximum Gasteiger partial charge on any atom is 0.196 e. The number of allylic oxidation sites excluding steroid dienone is 1. The molecule has 3 fully saturated rings. The molecule has 2 N–H and O–H groups in total. The Kier molecular flexibility index (Phi) is 2.00. The molecule has 2 aliphatic carbocycles. The van der Waals surface area contributed by atoms with Gasteiger partial charge in [-0.1, -0.05) is 25.5 Å². The van der Waals surface area contributed by atoms with Crippen LogP contribution < -0.4 is 0 Å². The van der Waals surface area contributed by atoms with Gasteiger partial charge in [-0.2, -0.15) is 0 Å². The molecule has 2 saturated heterocycles. The van der Waals surface area contributed by atoms with Gasteiger partial charge in [-0.3, -0.25) is 0 Å². The van der Waals surface area contributed by atoms with Crippen LogP contribution in [0.25, 0.3) is 0 Å². The van der Waals surface area contributed by atoms with Crippen LogP contribution in [0.5, 0.6) is 0 Å². The molecule has 0 aromatic carbocycles. The summed E-state index contributed by atoms with van der Waals surface area (Å²) in [6, 6.07) is 0. The Bertz CT molecular complexity index is 483. The van der Waals surface area contributed by atoms with Gasteiger partial charge in [-0.05, 0) is 19.8 Å². The first-order valence-corrected chi connectivity index (χ1v) is 7.17. The molecule has 4 heteroatoms.